The van der Waals surface area contributed by atoms with E-state index in [4.69, 9.17) is 0 Å². The number of benzene rings is 1. The third-order valence-corrected chi connectivity index (χ3v) is 3.90. The number of rotatable bonds is 5. The number of hydrogen-bond acceptors (Lipinski definition) is 4. The predicted octanol–water partition coefficient (Wildman–Crippen LogP) is 3.74. The van der Waals surface area contributed by atoms with E-state index in [0.717, 1.165) is 29.4 Å². The van der Waals surface area contributed by atoms with Gasteiger partial charge in [-0.2, -0.15) is 5.26 Å². The molecule has 1 unspecified atom stereocenters. The smallest absolute Gasteiger partial charge is 0.186 e. The lowest BCUT2D eigenvalue weighted by molar-refractivity contribution is 0.438. The molecule has 1 atom stereocenters. The maximum absolute atomic E-state index is 9.25. The Hall–Kier alpha value is -2.15. The molecule has 1 aromatic heterocycles. The molecule has 1 heterocycles. The molecule has 2 rings (SSSR count). The van der Waals surface area contributed by atoms with Crippen molar-refractivity contribution in [2.45, 2.75) is 39.7 Å². The average Bonchev–Trinajstić information content (AvgIpc) is 2.49. The maximum Gasteiger partial charge on any atom is 0.186 e. The van der Waals surface area contributed by atoms with E-state index in [1.54, 1.807) is 0 Å². The second kappa shape index (κ2) is 6.33. The normalized spacial score (nSPS) is 12.3. The van der Waals surface area contributed by atoms with Crippen molar-refractivity contribution in [3.63, 3.8) is 0 Å². The van der Waals surface area contributed by atoms with Gasteiger partial charge in [0.05, 0.1) is 11.2 Å². The lowest BCUT2D eigenvalue weighted by Gasteiger charge is -2.24. The minimum absolute atomic E-state index is 0.296. The molecule has 0 saturated heterocycles. The van der Waals surface area contributed by atoms with Crippen LogP contribution in [0.3, 0.4) is 0 Å². The molecule has 0 aliphatic rings. The molecule has 20 heavy (non-hydrogen) atoms. The molecule has 1 aromatic carbocycles. The van der Waals surface area contributed by atoms with Crippen LogP contribution in [0.5, 0.6) is 0 Å². The topological polar surface area (TPSA) is 61.6 Å². The van der Waals surface area contributed by atoms with Gasteiger partial charge in [-0.25, -0.2) is 0 Å². The van der Waals surface area contributed by atoms with Crippen LogP contribution in [0, 0.1) is 17.2 Å². The van der Waals surface area contributed by atoms with Crippen LogP contribution in [0.2, 0.25) is 0 Å². The first-order valence-electron chi connectivity index (χ1n) is 7.13. The second-order valence-corrected chi connectivity index (χ2v) is 5.06. The fraction of sp³-hybridized carbons (Fsp3) is 0.438. The molecule has 104 valence electrons. The molecule has 0 aliphatic heterocycles. The molecule has 4 heteroatoms. The largest absolute Gasteiger partial charge is 0.379 e. The lowest BCUT2D eigenvalue weighted by atomic mass is 9.95. The summed E-state index contributed by atoms with van der Waals surface area (Å²) in [6.45, 7) is 6.55. The van der Waals surface area contributed by atoms with Gasteiger partial charge in [0, 0.05) is 11.4 Å². The van der Waals surface area contributed by atoms with Gasteiger partial charge in [-0.15, -0.1) is 10.2 Å². The molecule has 0 aliphatic carbocycles. The highest BCUT2D eigenvalue weighted by molar-refractivity contribution is 5.92. The summed E-state index contributed by atoms with van der Waals surface area (Å²) in [6.07, 6.45) is 2.23. The number of nitriles is 1. The molecule has 0 saturated carbocycles. The van der Waals surface area contributed by atoms with Crippen LogP contribution >= 0.6 is 0 Å². The van der Waals surface area contributed by atoms with Crippen molar-refractivity contribution in [1.29, 1.82) is 5.26 Å². The summed E-state index contributed by atoms with van der Waals surface area (Å²) >= 11 is 0. The summed E-state index contributed by atoms with van der Waals surface area (Å²) in [7, 11) is 0. The van der Waals surface area contributed by atoms with Crippen LogP contribution in [0.25, 0.3) is 10.9 Å². The summed E-state index contributed by atoms with van der Waals surface area (Å²) in [5, 5.41) is 21.8. The molecule has 2 aromatic rings. The molecule has 0 radical (unpaired) electrons. The van der Waals surface area contributed by atoms with Gasteiger partial charge in [-0.3, -0.25) is 0 Å². The quantitative estimate of drug-likeness (QED) is 0.897. The minimum atomic E-state index is 0.296. The Labute approximate surface area is 119 Å². The highest BCUT2D eigenvalue weighted by Gasteiger charge is 2.17. The minimum Gasteiger partial charge on any atom is -0.379 e. The fourth-order valence-electron chi connectivity index (χ4n) is 2.62. The zero-order valence-corrected chi connectivity index (χ0v) is 12.2. The van der Waals surface area contributed by atoms with E-state index in [0.29, 0.717) is 17.7 Å². The van der Waals surface area contributed by atoms with Gasteiger partial charge in [0.25, 0.3) is 0 Å². The van der Waals surface area contributed by atoms with E-state index in [9.17, 15) is 5.26 Å². The molecule has 1 N–H and O–H groups in total. The second-order valence-electron chi connectivity index (χ2n) is 5.06. The first-order valence-corrected chi connectivity index (χ1v) is 7.13. The average molecular weight is 268 g/mol. The first-order chi connectivity index (χ1) is 9.71. The molecule has 0 spiro atoms. The van der Waals surface area contributed by atoms with Crippen molar-refractivity contribution in [2.75, 3.05) is 5.32 Å². The van der Waals surface area contributed by atoms with Crippen LogP contribution in [0.15, 0.2) is 24.3 Å². The highest BCUT2D eigenvalue weighted by Crippen LogP contribution is 2.26. The highest BCUT2D eigenvalue weighted by atomic mass is 15.1. The first kappa shape index (κ1) is 14.3. The number of nitrogens with zero attached hydrogens (tertiary/aromatic N) is 3. The van der Waals surface area contributed by atoms with Gasteiger partial charge >= 0.3 is 0 Å². The third-order valence-electron chi connectivity index (χ3n) is 3.90. The van der Waals surface area contributed by atoms with Crippen molar-refractivity contribution in [3.05, 3.63) is 30.0 Å². The van der Waals surface area contributed by atoms with Crippen LogP contribution < -0.4 is 5.32 Å². The van der Waals surface area contributed by atoms with Crippen LogP contribution in [-0.2, 0) is 0 Å². The Morgan fingerprint density at radius 3 is 2.55 bits per heavy atom. The maximum atomic E-state index is 9.25. The number of aromatic nitrogens is 2. The third kappa shape index (κ3) is 2.72. The van der Waals surface area contributed by atoms with Gasteiger partial charge in [-0.1, -0.05) is 44.9 Å². The van der Waals surface area contributed by atoms with Crippen molar-refractivity contribution >= 4 is 16.6 Å². The number of hydrogen-bond donors (Lipinski definition) is 1. The Balaban J connectivity index is 2.44. The van der Waals surface area contributed by atoms with Crippen LogP contribution in [-0.4, -0.2) is 16.2 Å². The molecular formula is C16H20N4. The standard InChI is InChI=1S/C16H20N4/c1-4-12(5-2)11(3)18-16-13-8-6-7-9-14(13)19-20-15(16)10-17/h6-9,11-12H,4-5H2,1-3H3,(H,18,19). The Kier molecular flexibility index (Phi) is 4.52. The predicted molar refractivity (Wildman–Crippen MR) is 81.4 cm³/mol. The zero-order valence-electron chi connectivity index (χ0n) is 12.2. The van der Waals surface area contributed by atoms with Crippen molar-refractivity contribution < 1.29 is 0 Å². The molecule has 0 amide bonds. The SMILES string of the molecule is CCC(CC)C(C)Nc1c(C#N)nnc2ccccc12. The van der Waals surface area contributed by atoms with Crippen molar-refractivity contribution in [2.24, 2.45) is 5.92 Å². The van der Waals surface area contributed by atoms with Crippen LogP contribution in [0.1, 0.15) is 39.3 Å². The van der Waals surface area contributed by atoms with Crippen LogP contribution in [0.4, 0.5) is 5.69 Å². The summed E-state index contributed by atoms with van der Waals surface area (Å²) in [6, 6.07) is 10.2. The van der Waals surface area contributed by atoms with Gasteiger partial charge in [0.2, 0.25) is 0 Å². The molecule has 0 fully saturated rings. The molecule has 0 bridgehead atoms. The zero-order chi connectivity index (χ0) is 14.5. The van der Waals surface area contributed by atoms with Gasteiger partial charge in [0.15, 0.2) is 5.69 Å². The van der Waals surface area contributed by atoms with E-state index < -0.39 is 0 Å². The number of fused-ring (bicyclic) bond motifs is 1. The van der Waals surface area contributed by atoms with E-state index >= 15 is 0 Å². The number of nitrogens with one attached hydrogen (secondary N) is 1. The fourth-order valence-corrected chi connectivity index (χ4v) is 2.62. The summed E-state index contributed by atoms with van der Waals surface area (Å²) in [5.41, 5.74) is 1.98. The molecular weight excluding hydrogens is 248 g/mol. The number of anilines is 1. The van der Waals surface area contributed by atoms with E-state index in [-0.39, 0.29) is 0 Å². The van der Waals surface area contributed by atoms with Gasteiger partial charge < -0.3 is 5.32 Å². The lowest BCUT2D eigenvalue weighted by Crippen LogP contribution is -2.25. The van der Waals surface area contributed by atoms with E-state index in [2.05, 4.69) is 42.4 Å². The van der Waals surface area contributed by atoms with Gasteiger partial charge in [0.1, 0.15) is 6.07 Å². The van der Waals surface area contributed by atoms with Gasteiger partial charge in [-0.05, 0) is 18.9 Å². The Morgan fingerprint density at radius 2 is 1.90 bits per heavy atom. The van der Waals surface area contributed by atoms with E-state index in [1.165, 1.54) is 0 Å². The summed E-state index contributed by atoms with van der Waals surface area (Å²) in [4.78, 5) is 0. The Morgan fingerprint density at radius 1 is 1.20 bits per heavy atom. The monoisotopic (exact) mass is 268 g/mol. The van der Waals surface area contributed by atoms with Crippen molar-refractivity contribution in [1.82, 2.24) is 10.2 Å². The Bertz CT molecular complexity index is 626. The summed E-state index contributed by atoms with van der Waals surface area (Å²) < 4.78 is 0. The van der Waals surface area contributed by atoms with Crippen molar-refractivity contribution in [3.8, 4) is 6.07 Å². The summed E-state index contributed by atoms with van der Waals surface area (Å²) in [5.74, 6) is 0.577. The van der Waals surface area contributed by atoms with E-state index in [1.807, 2.05) is 24.3 Å². The molecule has 4 nitrogen and oxygen atoms in total.